The summed E-state index contributed by atoms with van der Waals surface area (Å²) in [4.78, 5) is 26.9. The summed E-state index contributed by atoms with van der Waals surface area (Å²) < 4.78 is 10.6. The Labute approximate surface area is 168 Å². The van der Waals surface area contributed by atoms with Crippen molar-refractivity contribution < 1.29 is 14.1 Å². The van der Waals surface area contributed by atoms with Crippen LogP contribution in [-0.2, 0) is 4.74 Å². The van der Waals surface area contributed by atoms with E-state index in [0.29, 0.717) is 30.1 Å². The molecule has 2 aromatic heterocycles. The van der Waals surface area contributed by atoms with Crippen molar-refractivity contribution in [2.45, 2.75) is 32.9 Å². The summed E-state index contributed by atoms with van der Waals surface area (Å²) in [5.41, 5.74) is 0.875. The number of ether oxygens (including phenoxy) is 1. The Bertz CT molecular complexity index is 991. The van der Waals surface area contributed by atoms with Crippen molar-refractivity contribution >= 4 is 17.9 Å². The smallest absolute Gasteiger partial charge is 0.415 e. The number of hydrogen-bond donors (Lipinski definition) is 1. The van der Waals surface area contributed by atoms with Crippen molar-refractivity contribution in [2.24, 2.45) is 5.92 Å². The number of hydrogen-bond acceptors (Lipinski definition) is 8. The largest absolute Gasteiger partial charge is 0.447 e. The molecular weight excluding hydrogens is 372 g/mol. The predicted octanol–water partition coefficient (Wildman–Crippen LogP) is 3.68. The van der Waals surface area contributed by atoms with Crippen LogP contribution in [0, 0.1) is 5.92 Å². The Morgan fingerprint density at radius 3 is 2.69 bits per heavy atom. The highest BCUT2D eigenvalue weighted by atomic mass is 16.6. The SMILES string of the molecule is CC(Nc1nccc(N2C(=O)OC[C@@H]2C(C)C)n1)c1nc(-c2ccccc2)no1. The highest BCUT2D eigenvalue weighted by Crippen LogP contribution is 2.27. The van der Waals surface area contributed by atoms with Crippen LogP contribution in [0.3, 0.4) is 0 Å². The van der Waals surface area contributed by atoms with Crippen molar-refractivity contribution in [3.05, 3.63) is 48.5 Å². The van der Waals surface area contributed by atoms with E-state index in [-0.39, 0.29) is 18.0 Å². The molecule has 150 valence electrons. The summed E-state index contributed by atoms with van der Waals surface area (Å²) in [7, 11) is 0. The number of aromatic nitrogens is 4. The van der Waals surface area contributed by atoms with Crippen LogP contribution >= 0.6 is 0 Å². The van der Waals surface area contributed by atoms with Gasteiger partial charge < -0.3 is 14.6 Å². The molecule has 9 nitrogen and oxygen atoms in total. The van der Waals surface area contributed by atoms with E-state index in [4.69, 9.17) is 9.26 Å². The zero-order valence-electron chi connectivity index (χ0n) is 16.4. The number of amides is 1. The predicted molar refractivity (Wildman–Crippen MR) is 106 cm³/mol. The quantitative estimate of drug-likeness (QED) is 0.675. The van der Waals surface area contributed by atoms with E-state index in [1.54, 1.807) is 17.2 Å². The highest BCUT2D eigenvalue weighted by molar-refractivity contribution is 5.89. The minimum absolute atomic E-state index is 0.0629. The fraction of sp³-hybridized carbons (Fsp3) is 0.350. The van der Waals surface area contributed by atoms with Crippen LogP contribution in [-0.4, -0.2) is 38.9 Å². The van der Waals surface area contributed by atoms with Gasteiger partial charge in [0.25, 0.3) is 0 Å². The van der Waals surface area contributed by atoms with Gasteiger partial charge >= 0.3 is 6.09 Å². The van der Waals surface area contributed by atoms with E-state index < -0.39 is 6.09 Å². The van der Waals surface area contributed by atoms with Gasteiger partial charge in [0.1, 0.15) is 18.5 Å². The number of cyclic esters (lactones) is 1. The van der Waals surface area contributed by atoms with Crippen LogP contribution in [0.2, 0.25) is 0 Å². The minimum atomic E-state index is -0.397. The maximum Gasteiger partial charge on any atom is 0.415 e. The van der Waals surface area contributed by atoms with E-state index in [2.05, 4.69) is 25.4 Å². The fourth-order valence-electron chi connectivity index (χ4n) is 3.11. The lowest BCUT2D eigenvalue weighted by Gasteiger charge is -2.23. The highest BCUT2D eigenvalue weighted by Gasteiger charge is 2.37. The van der Waals surface area contributed by atoms with Crippen molar-refractivity contribution in [3.63, 3.8) is 0 Å². The van der Waals surface area contributed by atoms with Crippen molar-refractivity contribution in [2.75, 3.05) is 16.8 Å². The first-order valence-corrected chi connectivity index (χ1v) is 9.47. The van der Waals surface area contributed by atoms with Gasteiger partial charge in [-0.15, -0.1) is 0 Å². The van der Waals surface area contributed by atoms with Crippen LogP contribution in [0.15, 0.2) is 47.1 Å². The number of benzene rings is 1. The molecule has 9 heteroatoms. The Hall–Kier alpha value is -3.49. The normalized spacial score (nSPS) is 17.4. The van der Waals surface area contributed by atoms with E-state index >= 15 is 0 Å². The number of carbonyl (C=O) groups is 1. The molecule has 0 saturated carbocycles. The molecule has 0 radical (unpaired) electrons. The summed E-state index contributed by atoms with van der Waals surface area (Å²) in [6.07, 6.45) is 1.20. The van der Waals surface area contributed by atoms with E-state index in [0.717, 1.165) is 5.56 Å². The van der Waals surface area contributed by atoms with Gasteiger partial charge in [0.05, 0.1) is 6.04 Å². The zero-order valence-corrected chi connectivity index (χ0v) is 16.4. The molecule has 1 amide bonds. The molecule has 3 aromatic rings. The Balaban J connectivity index is 1.51. The lowest BCUT2D eigenvalue weighted by Crippen LogP contribution is -2.37. The first-order chi connectivity index (χ1) is 14.0. The summed E-state index contributed by atoms with van der Waals surface area (Å²) >= 11 is 0. The molecule has 0 spiro atoms. The lowest BCUT2D eigenvalue weighted by atomic mass is 10.0. The zero-order chi connectivity index (χ0) is 20.4. The average molecular weight is 394 g/mol. The standard InChI is InChI=1S/C20H22N6O3/c1-12(2)15-11-28-20(27)26(15)16-9-10-21-19(23-16)22-13(3)18-24-17(25-29-18)14-7-5-4-6-8-14/h4-10,12-13,15H,11H2,1-3H3,(H,21,22,23)/t13?,15-/m1/s1. The second-order valence-electron chi connectivity index (χ2n) is 7.18. The third kappa shape index (κ3) is 3.89. The molecule has 3 heterocycles. The topological polar surface area (TPSA) is 106 Å². The second kappa shape index (κ2) is 7.86. The lowest BCUT2D eigenvalue weighted by molar-refractivity contribution is 0.177. The van der Waals surface area contributed by atoms with Gasteiger partial charge in [0.15, 0.2) is 0 Å². The molecule has 1 aromatic carbocycles. The molecule has 4 rings (SSSR count). The van der Waals surface area contributed by atoms with Crippen molar-refractivity contribution in [1.82, 2.24) is 20.1 Å². The van der Waals surface area contributed by atoms with E-state index in [1.807, 2.05) is 51.1 Å². The van der Waals surface area contributed by atoms with Gasteiger partial charge in [0, 0.05) is 11.8 Å². The maximum atomic E-state index is 12.2. The Kier molecular flexibility index (Phi) is 5.11. The van der Waals surface area contributed by atoms with Gasteiger partial charge in [-0.25, -0.2) is 9.78 Å². The number of rotatable bonds is 6. The number of nitrogens with zero attached hydrogens (tertiary/aromatic N) is 5. The van der Waals surface area contributed by atoms with Crippen molar-refractivity contribution in [1.29, 1.82) is 0 Å². The Morgan fingerprint density at radius 2 is 1.93 bits per heavy atom. The van der Waals surface area contributed by atoms with Crippen LogP contribution in [0.5, 0.6) is 0 Å². The first-order valence-electron chi connectivity index (χ1n) is 9.47. The third-order valence-corrected chi connectivity index (χ3v) is 4.75. The molecule has 1 unspecified atom stereocenters. The molecule has 1 aliphatic heterocycles. The number of carbonyl (C=O) groups excluding carboxylic acids is 1. The molecule has 29 heavy (non-hydrogen) atoms. The second-order valence-corrected chi connectivity index (χ2v) is 7.18. The van der Waals surface area contributed by atoms with Crippen LogP contribution < -0.4 is 10.2 Å². The number of nitrogens with one attached hydrogen (secondary N) is 1. The summed E-state index contributed by atoms with van der Waals surface area (Å²) in [5, 5.41) is 7.18. The molecule has 2 atom stereocenters. The van der Waals surface area contributed by atoms with E-state index in [1.165, 1.54) is 0 Å². The van der Waals surface area contributed by atoms with Gasteiger partial charge in [-0.3, -0.25) is 4.90 Å². The van der Waals surface area contributed by atoms with Crippen LogP contribution in [0.4, 0.5) is 16.6 Å². The van der Waals surface area contributed by atoms with Crippen molar-refractivity contribution in [3.8, 4) is 11.4 Å². The molecular formula is C20H22N6O3. The third-order valence-electron chi connectivity index (χ3n) is 4.75. The van der Waals surface area contributed by atoms with Crippen LogP contribution in [0.25, 0.3) is 11.4 Å². The molecule has 0 bridgehead atoms. The monoisotopic (exact) mass is 394 g/mol. The minimum Gasteiger partial charge on any atom is -0.447 e. The molecule has 1 fully saturated rings. The molecule has 0 aliphatic carbocycles. The summed E-state index contributed by atoms with van der Waals surface area (Å²) in [6, 6.07) is 10.9. The Morgan fingerprint density at radius 1 is 1.14 bits per heavy atom. The fourth-order valence-corrected chi connectivity index (χ4v) is 3.11. The first kappa shape index (κ1) is 18.9. The molecule has 1 N–H and O–H groups in total. The maximum absolute atomic E-state index is 12.2. The molecule has 1 aliphatic rings. The van der Waals surface area contributed by atoms with Gasteiger partial charge in [-0.1, -0.05) is 49.3 Å². The number of anilines is 2. The van der Waals surface area contributed by atoms with E-state index in [9.17, 15) is 4.79 Å². The van der Waals surface area contributed by atoms with Gasteiger partial charge in [-0.05, 0) is 18.9 Å². The average Bonchev–Trinajstić information content (AvgIpc) is 3.36. The van der Waals surface area contributed by atoms with Gasteiger partial charge in [0.2, 0.25) is 17.7 Å². The summed E-state index contributed by atoms with van der Waals surface area (Å²) in [5.74, 6) is 2.02. The van der Waals surface area contributed by atoms with Gasteiger partial charge in [-0.2, -0.15) is 9.97 Å². The summed E-state index contributed by atoms with van der Waals surface area (Å²) in [6.45, 7) is 6.31. The van der Waals surface area contributed by atoms with Crippen LogP contribution in [0.1, 0.15) is 32.7 Å². The molecule has 1 saturated heterocycles.